The smallest absolute Gasteiger partial charge is 0.389 e. The van der Waals surface area contributed by atoms with E-state index in [4.69, 9.17) is 4.74 Å². The van der Waals surface area contributed by atoms with Gasteiger partial charge in [0.1, 0.15) is 5.75 Å². The normalized spacial score (nSPS) is 11.4. The van der Waals surface area contributed by atoms with Crippen LogP contribution in [0.2, 0.25) is 0 Å². The maximum Gasteiger partial charge on any atom is 0.389 e. The molecule has 0 saturated heterocycles. The van der Waals surface area contributed by atoms with Crippen molar-refractivity contribution in [2.24, 2.45) is 0 Å². The molecule has 0 bridgehead atoms. The van der Waals surface area contributed by atoms with E-state index in [1.165, 1.54) is 6.20 Å². The number of pyridine rings is 1. The molecule has 0 fully saturated rings. The third kappa shape index (κ3) is 4.69. The summed E-state index contributed by atoms with van der Waals surface area (Å²) in [4.78, 5) is 3.64. The van der Waals surface area contributed by atoms with E-state index >= 15 is 0 Å². The van der Waals surface area contributed by atoms with Gasteiger partial charge in [-0.25, -0.2) is 0 Å². The Balaban J connectivity index is 2.17. The average molecular weight is 204 g/mol. The van der Waals surface area contributed by atoms with Gasteiger partial charge in [0.15, 0.2) is 0 Å². The predicted octanol–water partition coefficient (Wildman–Crippen LogP) is 2.60. The Bertz CT molecular complexity index is 261. The maximum absolute atomic E-state index is 11.7. The maximum atomic E-state index is 11.7. The van der Waals surface area contributed by atoms with E-state index in [0.717, 1.165) is 0 Å². The van der Waals surface area contributed by atoms with E-state index in [1.54, 1.807) is 12.1 Å². The highest BCUT2D eigenvalue weighted by molar-refractivity contribution is 5.14. The minimum absolute atomic E-state index is 0.0396. The fourth-order valence-electron chi connectivity index (χ4n) is 0.854. The zero-order chi connectivity index (χ0) is 10.4. The van der Waals surface area contributed by atoms with Crippen LogP contribution in [0.25, 0.3) is 0 Å². The van der Waals surface area contributed by atoms with E-state index in [-0.39, 0.29) is 13.0 Å². The summed E-state index contributed by atoms with van der Waals surface area (Å²) in [6.07, 6.45) is -1.02. The molecule has 1 aromatic rings. The van der Waals surface area contributed by atoms with Crippen molar-refractivity contribution in [3.05, 3.63) is 24.5 Å². The summed E-state index contributed by atoms with van der Waals surface area (Å²) in [5.41, 5.74) is 0. The second-order valence-electron chi connectivity index (χ2n) is 2.69. The molecule has 0 N–H and O–H groups in total. The van der Waals surface area contributed by atoms with Crippen molar-refractivity contribution in [3.8, 4) is 5.75 Å². The molecule has 0 unspecified atom stereocenters. The lowest BCUT2D eigenvalue weighted by molar-refractivity contribution is -0.136. The van der Waals surface area contributed by atoms with Crippen LogP contribution in [-0.4, -0.2) is 17.8 Å². The molecule has 0 spiro atoms. The number of hydrogen-bond acceptors (Lipinski definition) is 2. The second-order valence-corrected chi connectivity index (χ2v) is 2.69. The molecule has 0 saturated carbocycles. The highest BCUT2D eigenvalue weighted by Gasteiger charge is 2.25. The summed E-state index contributed by atoms with van der Waals surface area (Å²) in [7, 11) is 0. The lowest BCUT2D eigenvalue weighted by atomic mass is 10.3. The molecule has 5 heteroatoms. The standard InChI is InChI=1S/C9H9F3NO/c10-9(11,12)4-2-6-14-8-3-1-5-13-7-8/h1,3,7H,2,4,6H2. The average Bonchev–Trinajstić information content (AvgIpc) is 2.13. The van der Waals surface area contributed by atoms with Crippen LogP contribution in [0.3, 0.4) is 0 Å². The van der Waals surface area contributed by atoms with E-state index in [0.29, 0.717) is 5.75 Å². The molecule has 0 aliphatic carbocycles. The molecule has 0 amide bonds. The van der Waals surface area contributed by atoms with Crippen LogP contribution < -0.4 is 4.74 Å². The van der Waals surface area contributed by atoms with Crippen LogP contribution in [-0.2, 0) is 0 Å². The molecular weight excluding hydrogens is 195 g/mol. The summed E-state index contributed by atoms with van der Waals surface area (Å²) in [5, 5.41) is 0. The lowest BCUT2D eigenvalue weighted by Gasteiger charge is -2.07. The first-order chi connectivity index (χ1) is 6.58. The fraction of sp³-hybridized carbons (Fsp3) is 0.444. The first-order valence-electron chi connectivity index (χ1n) is 4.09. The van der Waals surface area contributed by atoms with Gasteiger partial charge in [-0.3, -0.25) is 4.98 Å². The van der Waals surface area contributed by atoms with Gasteiger partial charge in [0.05, 0.1) is 19.0 Å². The minimum Gasteiger partial charge on any atom is -0.492 e. The SMILES string of the molecule is FC(F)(F)CCCOc1cc[c]nc1. The van der Waals surface area contributed by atoms with Crippen molar-refractivity contribution >= 4 is 0 Å². The lowest BCUT2D eigenvalue weighted by Crippen LogP contribution is -2.09. The van der Waals surface area contributed by atoms with Crippen molar-refractivity contribution in [1.29, 1.82) is 0 Å². The number of rotatable bonds is 4. The van der Waals surface area contributed by atoms with E-state index < -0.39 is 12.6 Å². The summed E-state index contributed by atoms with van der Waals surface area (Å²) < 4.78 is 40.1. The molecular formula is C9H9F3NO. The highest BCUT2D eigenvalue weighted by Crippen LogP contribution is 2.21. The topological polar surface area (TPSA) is 22.1 Å². The largest absolute Gasteiger partial charge is 0.492 e. The van der Waals surface area contributed by atoms with Crippen molar-refractivity contribution < 1.29 is 17.9 Å². The number of hydrogen-bond donors (Lipinski definition) is 0. The summed E-state index contributed by atoms with van der Waals surface area (Å²) in [6, 6.07) is 3.14. The highest BCUT2D eigenvalue weighted by atomic mass is 19.4. The summed E-state index contributed by atoms with van der Waals surface area (Å²) >= 11 is 0. The summed E-state index contributed by atoms with van der Waals surface area (Å²) in [6.45, 7) is 0.0468. The minimum atomic E-state index is -4.11. The van der Waals surface area contributed by atoms with E-state index in [9.17, 15) is 13.2 Å². The zero-order valence-corrected chi connectivity index (χ0v) is 7.34. The van der Waals surface area contributed by atoms with Gasteiger partial charge in [-0.15, -0.1) is 0 Å². The molecule has 77 valence electrons. The van der Waals surface area contributed by atoms with E-state index in [1.807, 2.05) is 0 Å². The van der Waals surface area contributed by atoms with Crippen LogP contribution in [0.4, 0.5) is 13.2 Å². The third-order valence-electron chi connectivity index (χ3n) is 1.46. The van der Waals surface area contributed by atoms with Crippen LogP contribution in [0, 0.1) is 6.20 Å². The van der Waals surface area contributed by atoms with Crippen LogP contribution in [0.1, 0.15) is 12.8 Å². The molecule has 14 heavy (non-hydrogen) atoms. The van der Waals surface area contributed by atoms with Crippen molar-refractivity contribution in [2.45, 2.75) is 19.0 Å². The molecule has 0 atom stereocenters. The molecule has 1 heterocycles. The monoisotopic (exact) mass is 204 g/mol. The van der Waals surface area contributed by atoms with Gasteiger partial charge in [0, 0.05) is 6.42 Å². The van der Waals surface area contributed by atoms with Gasteiger partial charge >= 0.3 is 6.18 Å². The van der Waals surface area contributed by atoms with Crippen LogP contribution >= 0.6 is 0 Å². The molecule has 0 aliphatic heterocycles. The number of halogens is 3. The Labute approximate surface area is 79.7 Å². The molecule has 1 rings (SSSR count). The van der Waals surface area contributed by atoms with Gasteiger partial charge in [0.25, 0.3) is 0 Å². The molecule has 0 aromatic carbocycles. The van der Waals surface area contributed by atoms with Gasteiger partial charge in [-0.2, -0.15) is 13.2 Å². The van der Waals surface area contributed by atoms with Crippen LogP contribution in [0.15, 0.2) is 18.3 Å². The Morgan fingerprint density at radius 2 is 2.21 bits per heavy atom. The van der Waals surface area contributed by atoms with E-state index in [2.05, 4.69) is 11.2 Å². The number of aromatic nitrogens is 1. The van der Waals surface area contributed by atoms with Gasteiger partial charge in [-0.05, 0) is 18.6 Å². The molecule has 1 aromatic heterocycles. The molecule has 1 radical (unpaired) electrons. The molecule has 0 aliphatic rings. The Morgan fingerprint density at radius 1 is 1.43 bits per heavy atom. The zero-order valence-electron chi connectivity index (χ0n) is 7.34. The second kappa shape index (κ2) is 4.83. The third-order valence-corrected chi connectivity index (χ3v) is 1.46. The first-order valence-corrected chi connectivity index (χ1v) is 4.09. The predicted molar refractivity (Wildman–Crippen MR) is 43.9 cm³/mol. The Hall–Kier alpha value is -1.26. The number of alkyl halides is 3. The van der Waals surface area contributed by atoms with Crippen molar-refractivity contribution in [3.63, 3.8) is 0 Å². The van der Waals surface area contributed by atoms with Crippen LogP contribution in [0.5, 0.6) is 5.75 Å². The van der Waals surface area contributed by atoms with Crippen molar-refractivity contribution in [1.82, 2.24) is 4.98 Å². The quantitative estimate of drug-likeness (QED) is 0.703. The first kappa shape index (κ1) is 10.8. The van der Waals surface area contributed by atoms with Gasteiger partial charge in [-0.1, -0.05) is 0 Å². The molecule has 2 nitrogen and oxygen atoms in total. The van der Waals surface area contributed by atoms with Gasteiger partial charge < -0.3 is 4.74 Å². The van der Waals surface area contributed by atoms with Crippen molar-refractivity contribution in [2.75, 3.05) is 6.61 Å². The number of nitrogens with zero attached hydrogens (tertiary/aromatic N) is 1. The Kier molecular flexibility index (Phi) is 3.73. The number of ether oxygens (including phenoxy) is 1. The van der Waals surface area contributed by atoms with Gasteiger partial charge in [0.2, 0.25) is 0 Å². The Morgan fingerprint density at radius 3 is 2.79 bits per heavy atom. The fourth-order valence-corrected chi connectivity index (χ4v) is 0.854. The summed E-state index contributed by atoms with van der Waals surface area (Å²) in [5.74, 6) is 0.464.